The second-order valence-corrected chi connectivity index (χ2v) is 7.30. The van der Waals surface area contributed by atoms with E-state index in [0.717, 1.165) is 23.3 Å². The van der Waals surface area contributed by atoms with Crippen molar-refractivity contribution in [3.63, 3.8) is 0 Å². The minimum Gasteiger partial charge on any atom is -0.490 e. The Labute approximate surface area is 173 Å². The highest BCUT2D eigenvalue weighted by molar-refractivity contribution is 5.91. The lowest BCUT2D eigenvalue weighted by molar-refractivity contribution is -0.116. The molecule has 1 amide bonds. The molecule has 0 fully saturated rings. The predicted octanol–water partition coefficient (Wildman–Crippen LogP) is 3.72. The van der Waals surface area contributed by atoms with Crippen LogP contribution in [0.25, 0.3) is 17.4 Å². The van der Waals surface area contributed by atoms with Crippen molar-refractivity contribution in [1.29, 1.82) is 0 Å². The molecule has 0 bridgehead atoms. The standard InChI is InChI=1S/C23H20N2O5/c1-14-8-17-10-16(4-6-19(17)29-14)21-11-18(25-30-21)12-24-23(26)7-3-15-2-5-20-22(9-15)28-13-27-20/h2-7,9-11,14H,8,12-13H2,1H3,(H,24,26)/b7-3-. The van der Waals surface area contributed by atoms with E-state index in [-0.39, 0.29) is 25.3 Å². The van der Waals surface area contributed by atoms with Crippen molar-refractivity contribution in [1.82, 2.24) is 10.5 Å². The molecule has 1 atom stereocenters. The molecule has 5 rings (SSSR count). The van der Waals surface area contributed by atoms with Crippen LogP contribution < -0.4 is 19.5 Å². The molecule has 1 N–H and O–H groups in total. The van der Waals surface area contributed by atoms with Crippen molar-refractivity contribution >= 4 is 12.0 Å². The highest BCUT2D eigenvalue weighted by atomic mass is 16.7. The quantitative estimate of drug-likeness (QED) is 0.653. The van der Waals surface area contributed by atoms with Crippen LogP contribution in [0.2, 0.25) is 0 Å². The third-order valence-corrected chi connectivity index (χ3v) is 5.01. The fraction of sp³-hybridized carbons (Fsp3) is 0.217. The second-order valence-electron chi connectivity index (χ2n) is 7.30. The van der Waals surface area contributed by atoms with Crippen molar-refractivity contribution < 1.29 is 23.5 Å². The summed E-state index contributed by atoms with van der Waals surface area (Å²) < 4.78 is 21.8. The normalized spacial score (nSPS) is 16.5. The van der Waals surface area contributed by atoms with E-state index in [2.05, 4.69) is 23.5 Å². The van der Waals surface area contributed by atoms with E-state index in [9.17, 15) is 4.79 Å². The van der Waals surface area contributed by atoms with Crippen LogP contribution in [-0.4, -0.2) is 24.0 Å². The minimum atomic E-state index is -0.221. The highest BCUT2D eigenvalue weighted by Crippen LogP contribution is 2.34. The van der Waals surface area contributed by atoms with Crippen molar-refractivity contribution in [2.24, 2.45) is 0 Å². The van der Waals surface area contributed by atoms with E-state index >= 15 is 0 Å². The van der Waals surface area contributed by atoms with Crippen LogP contribution in [-0.2, 0) is 17.8 Å². The van der Waals surface area contributed by atoms with E-state index in [1.54, 1.807) is 6.08 Å². The molecule has 2 aromatic carbocycles. The molecule has 1 aromatic heterocycles. The van der Waals surface area contributed by atoms with Crippen LogP contribution in [0.1, 0.15) is 23.7 Å². The summed E-state index contributed by atoms with van der Waals surface area (Å²) in [6, 6.07) is 13.3. The number of nitrogens with one attached hydrogen (secondary N) is 1. The second kappa shape index (κ2) is 7.59. The third kappa shape index (κ3) is 3.74. The van der Waals surface area contributed by atoms with Crippen molar-refractivity contribution in [2.45, 2.75) is 26.0 Å². The number of aromatic nitrogens is 1. The molecular weight excluding hydrogens is 384 g/mol. The molecule has 152 valence electrons. The van der Waals surface area contributed by atoms with Crippen LogP contribution in [0.15, 0.2) is 53.1 Å². The summed E-state index contributed by atoms with van der Waals surface area (Å²) in [4.78, 5) is 12.1. The Bertz CT molecular complexity index is 1130. The molecule has 1 unspecified atom stereocenters. The summed E-state index contributed by atoms with van der Waals surface area (Å²) in [7, 11) is 0. The van der Waals surface area contributed by atoms with Gasteiger partial charge in [0.05, 0.1) is 6.54 Å². The summed E-state index contributed by atoms with van der Waals surface area (Å²) in [5.74, 6) is 2.76. The van der Waals surface area contributed by atoms with E-state index in [0.29, 0.717) is 23.0 Å². The lowest BCUT2D eigenvalue weighted by Gasteiger charge is -2.02. The number of amides is 1. The number of rotatable bonds is 5. The van der Waals surface area contributed by atoms with Crippen molar-refractivity contribution in [2.75, 3.05) is 6.79 Å². The van der Waals surface area contributed by atoms with Gasteiger partial charge < -0.3 is 24.1 Å². The van der Waals surface area contributed by atoms with Gasteiger partial charge in [-0.3, -0.25) is 4.79 Å². The first-order valence-corrected chi connectivity index (χ1v) is 9.75. The van der Waals surface area contributed by atoms with E-state index < -0.39 is 0 Å². The van der Waals surface area contributed by atoms with Crippen LogP contribution in [0.4, 0.5) is 0 Å². The molecule has 3 heterocycles. The number of carbonyl (C=O) groups excluding carboxylic acids is 1. The largest absolute Gasteiger partial charge is 0.490 e. The zero-order chi connectivity index (χ0) is 20.5. The summed E-state index contributed by atoms with van der Waals surface area (Å²) in [5, 5.41) is 6.86. The molecule has 2 aliphatic heterocycles. The summed E-state index contributed by atoms with van der Waals surface area (Å²) in [6.45, 7) is 2.55. The average Bonchev–Trinajstić information content (AvgIpc) is 3.48. The summed E-state index contributed by atoms with van der Waals surface area (Å²) >= 11 is 0. The summed E-state index contributed by atoms with van der Waals surface area (Å²) in [6.07, 6.45) is 4.27. The SMILES string of the molecule is CC1Cc2cc(-c3cc(CNC(=O)/C=C\c4ccc5c(c4)OCO5)no3)ccc2O1. The fourth-order valence-corrected chi connectivity index (χ4v) is 3.53. The first kappa shape index (κ1) is 18.3. The Kier molecular flexibility index (Phi) is 4.63. The first-order valence-electron chi connectivity index (χ1n) is 9.75. The maximum atomic E-state index is 12.1. The number of ether oxygens (including phenoxy) is 3. The molecule has 7 nitrogen and oxygen atoms in total. The van der Waals surface area contributed by atoms with Gasteiger partial charge in [-0.15, -0.1) is 0 Å². The molecule has 0 saturated heterocycles. The Morgan fingerprint density at radius 2 is 2.00 bits per heavy atom. The van der Waals surface area contributed by atoms with Crippen LogP contribution in [0.5, 0.6) is 17.2 Å². The molecule has 2 aliphatic rings. The van der Waals surface area contributed by atoms with Gasteiger partial charge in [-0.25, -0.2) is 0 Å². The van der Waals surface area contributed by atoms with Gasteiger partial charge >= 0.3 is 0 Å². The molecular formula is C23H20N2O5. The van der Waals surface area contributed by atoms with Gasteiger partial charge in [-0.2, -0.15) is 0 Å². The van der Waals surface area contributed by atoms with Crippen LogP contribution in [0.3, 0.4) is 0 Å². The van der Waals surface area contributed by atoms with Crippen LogP contribution >= 0.6 is 0 Å². The average molecular weight is 404 g/mol. The van der Waals surface area contributed by atoms with Gasteiger partial charge in [-0.1, -0.05) is 11.2 Å². The molecule has 3 aromatic rings. The molecule has 0 spiro atoms. The molecule has 7 heteroatoms. The number of fused-ring (bicyclic) bond motifs is 2. The molecule has 30 heavy (non-hydrogen) atoms. The third-order valence-electron chi connectivity index (χ3n) is 5.01. The number of benzene rings is 2. The number of hydrogen-bond donors (Lipinski definition) is 1. The topological polar surface area (TPSA) is 82.8 Å². The van der Waals surface area contributed by atoms with Gasteiger partial charge in [0.25, 0.3) is 0 Å². The maximum Gasteiger partial charge on any atom is 0.244 e. The Morgan fingerprint density at radius 1 is 1.13 bits per heavy atom. The fourth-order valence-electron chi connectivity index (χ4n) is 3.53. The minimum absolute atomic E-state index is 0.196. The maximum absolute atomic E-state index is 12.1. The zero-order valence-corrected chi connectivity index (χ0v) is 16.4. The smallest absolute Gasteiger partial charge is 0.244 e. The van der Waals surface area contributed by atoms with Gasteiger partial charge in [0, 0.05) is 24.1 Å². The zero-order valence-electron chi connectivity index (χ0n) is 16.4. The van der Waals surface area contributed by atoms with Crippen molar-refractivity contribution in [3.8, 4) is 28.6 Å². The van der Waals surface area contributed by atoms with E-state index in [1.807, 2.05) is 36.4 Å². The first-order chi connectivity index (χ1) is 14.6. The number of hydrogen-bond acceptors (Lipinski definition) is 6. The van der Waals surface area contributed by atoms with Gasteiger partial charge in [-0.05, 0) is 54.5 Å². The lowest BCUT2D eigenvalue weighted by atomic mass is 10.1. The monoisotopic (exact) mass is 404 g/mol. The molecule has 0 saturated carbocycles. The highest BCUT2D eigenvalue weighted by Gasteiger charge is 2.20. The molecule has 0 aliphatic carbocycles. The predicted molar refractivity (Wildman–Crippen MR) is 109 cm³/mol. The molecule has 0 radical (unpaired) electrons. The van der Waals surface area contributed by atoms with Crippen molar-refractivity contribution in [3.05, 3.63) is 65.4 Å². The van der Waals surface area contributed by atoms with Gasteiger partial charge in [0.15, 0.2) is 17.3 Å². The van der Waals surface area contributed by atoms with Gasteiger partial charge in [0.1, 0.15) is 17.5 Å². The summed E-state index contributed by atoms with van der Waals surface area (Å²) in [5.41, 5.74) is 3.62. The van der Waals surface area contributed by atoms with E-state index in [1.165, 1.54) is 11.6 Å². The Morgan fingerprint density at radius 3 is 2.93 bits per heavy atom. The lowest BCUT2D eigenvalue weighted by Crippen LogP contribution is -2.20. The Hall–Kier alpha value is -3.74. The number of nitrogens with zero attached hydrogens (tertiary/aromatic N) is 1. The van der Waals surface area contributed by atoms with Crippen LogP contribution in [0, 0.1) is 0 Å². The van der Waals surface area contributed by atoms with Gasteiger partial charge in [0.2, 0.25) is 12.7 Å². The Balaban J connectivity index is 1.19. The number of carbonyl (C=O) groups is 1. The van der Waals surface area contributed by atoms with E-state index in [4.69, 9.17) is 18.7 Å².